The average molecular weight is 395 g/mol. The Hall–Kier alpha value is -2.33. The number of carbonyl (C=O) groups excluding carboxylic acids is 1. The lowest BCUT2D eigenvalue weighted by molar-refractivity contribution is -0.123. The molecule has 0 bridgehead atoms. The van der Waals surface area contributed by atoms with Gasteiger partial charge in [0.25, 0.3) is 5.91 Å². The molecule has 1 N–H and O–H groups in total. The number of carbonyl (C=O) groups is 1. The maximum Gasteiger partial charge on any atom is 0.258 e. The van der Waals surface area contributed by atoms with Gasteiger partial charge in [0.15, 0.2) is 6.61 Å². The van der Waals surface area contributed by atoms with Gasteiger partial charge in [-0.15, -0.1) is 0 Å². The van der Waals surface area contributed by atoms with E-state index in [1.807, 2.05) is 12.1 Å². The zero-order valence-electron chi connectivity index (χ0n) is 18.0. The average Bonchev–Trinajstić information content (AvgIpc) is 3.27. The summed E-state index contributed by atoms with van der Waals surface area (Å²) >= 11 is 0. The molecule has 4 nitrogen and oxygen atoms in total. The van der Waals surface area contributed by atoms with Crippen LogP contribution in [0.15, 0.2) is 48.5 Å². The second-order valence-electron chi connectivity index (χ2n) is 8.17. The molecule has 0 aromatic heterocycles. The molecule has 2 aromatic rings. The fraction of sp³-hybridized carbons (Fsp3) is 0.480. The van der Waals surface area contributed by atoms with Crippen LogP contribution in [-0.4, -0.2) is 37.0 Å². The van der Waals surface area contributed by atoms with Crippen LogP contribution in [0, 0.1) is 0 Å². The van der Waals surface area contributed by atoms with E-state index in [-0.39, 0.29) is 18.6 Å². The highest BCUT2D eigenvalue weighted by Crippen LogP contribution is 2.25. The van der Waals surface area contributed by atoms with Crippen molar-refractivity contribution in [3.8, 4) is 5.75 Å². The van der Waals surface area contributed by atoms with Gasteiger partial charge in [-0.05, 0) is 67.1 Å². The van der Waals surface area contributed by atoms with Crippen molar-refractivity contribution in [2.75, 3.05) is 26.2 Å². The van der Waals surface area contributed by atoms with Gasteiger partial charge in [0, 0.05) is 6.54 Å². The molecule has 0 saturated carbocycles. The standard InChI is InChI=1S/C25H34N2O2/c1-4-20-7-9-22(10-8-20)24(27-15-5-6-16-27)17-26-25(28)18-29-23-13-11-21(12-14-23)19(2)3/h7-14,19,24H,4-6,15-18H2,1-3H3,(H,26,28)/t24-/m1/s1. The maximum absolute atomic E-state index is 12.4. The highest BCUT2D eigenvalue weighted by atomic mass is 16.5. The van der Waals surface area contributed by atoms with Gasteiger partial charge in [-0.3, -0.25) is 9.69 Å². The van der Waals surface area contributed by atoms with E-state index in [9.17, 15) is 4.79 Å². The van der Waals surface area contributed by atoms with Crippen molar-refractivity contribution >= 4 is 5.91 Å². The molecule has 156 valence electrons. The summed E-state index contributed by atoms with van der Waals surface area (Å²) < 4.78 is 5.67. The SMILES string of the molecule is CCc1ccc([C@@H](CNC(=O)COc2ccc(C(C)C)cc2)N2CCCC2)cc1. The van der Waals surface area contributed by atoms with Crippen molar-refractivity contribution < 1.29 is 9.53 Å². The van der Waals surface area contributed by atoms with Crippen LogP contribution in [0.3, 0.4) is 0 Å². The number of nitrogens with one attached hydrogen (secondary N) is 1. The van der Waals surface area contributed by atoms with Gasteiger partial charge in [0.05, 0.1) is 6.04 Å². The van der Waals surface area contributed by atoms with Crippen molar-refractivity contribution in [1.82, 2.24) is 10.2 Å². The molecule has 3 rings (SSSR count). The van der Waals surface area contributed by atoms with Crippen molar-refractivity contribution in [2.45, 2.75) is 52.0 Å². The molecule has 1 saturated heterocycles. The molecule has 0 unspecified atom stereocenters. The summed E-state index contributed by atoms with van der Waals surface area (Å²) in [5, 5.41) is 3.08. The highest BCUT2D eigenvalue weighted by Gasteiger charge is 2.24. The Labute approximate surface area is 175 Å². The third-order valence-corrected chi connectivity index (χ3v) is 5.76. The predicted molar refractivity (Wildman–Crippen MR) is 118 cm³/mol. The van der Waals surface area contributed by atoms with Crippen molar-refractivity contribution in [2.24, 2.45) is 0 Å². The predicted octanol–water partition coefficient (Wildman–Crippen LogP) is 4.70. The minimum Gasteiger partial charge on any atom is -0.484 e. The Balaban J connectivity index is 1.54. The number of likely N-dealkylation sites (tertiary alicyclic amines) is 1. The largest absolute Gasteiger partial charge is 0.484 e. The normalized spacial score (nSPS) is 15.4. The summed E-state index contributed by atoms with van der Waals surface area (Å²) in [7, 11) is 0. The zero-order chi connectivity index (χ0) is 20.6. The summed E-state index contributed by atoms with van der Waals surface area (Å²) in [6.45, 7) is 9.33. The molecule has 1 atom stereocenters. The topological polar surface area (TPSA) is 41.6 Å². The Morgan fingerprint density at radius 2 is 1.62 bits per heavy atom. The molecule has 0 spiro atoms. The molecule has 2 aromatic carbocycles. The number of nitrogens with zero attached hydrogens (tertiary/aromatic N) is 1. The molecule has 1 heterocycles. The van der Waals surface area contributed by atoms with E-state index in [0.29, 0.717) is 12.5 Å². The molecule has 1 aliphatic rings. The minimum absolute atomic E-state index is 0.0442. The molecule has 1 amide bonds. The van der Waals surface area contributed by atoms with Gasteiger partial charge in [0.1, 0.15) is 5.75 Å². The van der Waals surface area contributed by atoms with Crippen molar-refractivity contribution in [1.29, 1.82) is 0 Å². The van der Waals surface area contributed by atoms with Crippen LogP contribution in [0.2, 0.25) is 0 Å². The lowest BCUT2D eigenvalue weighted by atomic mass is 10.0. The Morgan fingerprint density at radius 1 is 1.00 bits per heavy atom. The third kappa shape index (κ3) is 6.07. The summed E-state index contributed by atoms with van der Waals surface area (Å²) in [5.74, 6) is 1.14. The van der Waals surface area contributed by atoms with Gasteiger partial charge in [-0.25, -0.2) is 0 Å². The monoisotopic (exact) mass is 394 g/mol. The number of rotatable bonds is 9. The quantitative estimate of drug-likeness (QED) is 0.670. The number of ether oxygens (including phenoxy) is 1. The molecule has 1 fully saturated rings. The first-order valence-corrected chi connectivity index (χ1v) is 10.9. The zero-order valence-corrected chi connectivity index (χ0v) is 18.0. The van der Waals surface area contributed by atoms with Gasteiger partial charge < -0.3 is 10.1 Å². The molecule has 0 radical (unpaired) electrons. The lowest BCUT2D eigenvalue weighted by Gasteiger charge is -2.28. The lowest BCUT2D eigenvalue weighted by Crippen LogP contribution is -2.38. The summed E-state index contributed by atoms with van der Waals surface area (Å²) in [5.41, 5.74) is 3.88. The molecule has 1 aliphatic heterocycles. The third-order valence-electron chi connectivity index (χ3n) is 5.76. The fourth-order valence-corrected chi connectivity index (χ4v) is 3.85. The summed E-state index contributed by atoms with van der Waals surface area (Å²) in [6, 6.07) is 17.0. The van der Waals surface area contributed by atoms with Crippen LogP contribution in [0.1, 0.15) is 62.3 Å². The van der Waals surface area contributed by atoms with E-state index < -0.39 is 0 Å². The number of hydrogen-bond acceptors (Lipinski definition) is 3. The van der Waals surface area contributed by atoms with E-state index >= 15 is 0 Å². The van der Waals surface area contributed by atoms with E-state index in [4.69, 9.17) is 4.74 Å². The minimum atomic E-state index is -0.0766. The van der Waals surface area contributed by atoms with Crippen LogP contribution >= 0.6 is 0 Å². The number of amides is 1. The van der Waals surface area contributed by atoms with Crippen molar-refractivity contribution in [3.05, 3.63) is 65.2 Å². The highest BCUT2D eigenvalue weighted by molar-refractivity contribution is 5.77. The second-order valence-corrected chi connectivity index (χ2v) is 8.17. The fourth-order valence-electron chi connectivity index (χ4n) is 3.85. The Morgan fingerprint density at radius 3 is 2.21 bits per heavy atom. The summed E-state index contributed by atoms with van der Waals surface area (Å²) in [6.07, 6.45) is 3.50. The molecular weight excluding hydrogens is 360 g/mol. The van der Waals surface area contributed by atoms with E-state index in [2.05, 4.69) is 67.4 Å². The number of hydrogen-bond donors (Lipinski definition) is 1. The molecular formula is C25H34N2O2. The van der Waals surface area contributed by atoms with Crippen LogP contribution in [0.5, 0.6) is 5.75 Å². The Bertz CT molecular complexity index is 762. The molecule has 0 aliphatic carbocycles. The number of benzene rings is 2. The maximum atomic E-state index is 12.4. The van der Waals surface area contributed by atoms with Gasteiger partial charge >= 0.3 is 0 Å². The van der Waals surface area contributed by atoms with Crippen LogP contribution in [0.4, 0.5) is 0 Å². The first kappa shape index (κ1) is 21.4. The van der Waals surface area contributed by atoms with Crippen LogP contribution in [0.25, 0.3) is 0 Å². The van der Waals surface area contributed by atoms with Crippen LogP contribution in [-0.2, 0) is 11.2 Å². The van der Waals surface area contributed by atoms with E-state index in [0.717, 1.165) is 25.3 Å². The van der Waals surface area contributed by atoms with E-state index in [1.54, 1.807) is 0 Å². The van der Waals surface area contributed by atoms with E-state index in [1.165, 1.54) is 29.5 Å². The molecule has 29 heavy (non-hydrogen) atoms. The van der Waals surface area contributed by atoms with Gasteiger partial charge in [-0.2, -0.15) is 0 Å². The first-order valence-electron chi connectivity index (χ1n) is 10.9. The molecule has 4 heteroatoms. The Kier molecular flexibility index (Phi) is 7.70. The summed E-state index contributed by atoms with van der Waals surface area (Å²) in [4.78, 5) is 14.9. The van der Waals surface area contributed by atoms with Gasteiger partial charge in [0.2, 0.25) is 0 Å². The second kappa shape index (κ2) is 10.4. The van der Waals surface area contributed by atoms with Crippen molar-refractivity contribution in [3.63, 3.8) is 0 Å². The van der Waals surface area contributed by atoms with Gasteiger partial charge in [-0.1, -0.05) is 57.2 Å². The first-order chi connectivity index (χ1) is 14.1. The smallest absolute Gasteiger partial charge is 0.258 e. The number of aryl methyl sites for hydroxylation is 1. The van der Waals surface area contributed by atoms with Crippen LogP contribution < -0.4 is 10.1 Å².